The van der Waals surface area contributed by atoms with Gasteiger partial charge in [0.25, 0.3) is 0 Å². The van der Waals surface area contributed by atoms with Crippen LogP contribution in [0, 0.1) is 0 Å². The second kappa shape index (κ2) is 4.64. The molecule has 20 heavy (non-hydrogen) atoms. The molecule has 0 aliphatic heterocycles. The summed E-state index contributed by atoms with van der Waals surface area (Å²) in [4.78, 5) is 0. The van der Waals surface area contributed by atoms with Crippen molar-refractivity contribution in [1.29, 1.82) is 0 Å². The number of fused-ring (bicyclic) bond motifs is 3. The quantitative estimate of drug-likeness (QED) is 0.481. The summed E-state index contributed by atoms with van der Waals surface area (Å²) in [6.45, 7) is 0. The van der Waals surface area contributed by atoms with Crippen molar-refractivity contribution < 1.29 is 0 Å². The fraction of sp³-hybridized carbons (Fsp3) is 0.100. The van der Waals surface area contributed by atoms with Crippen LogP contribution in [-0.4, -0.2) is 0 Å². The van der Waals surface area contributed by atoms with Gasteiger partial charge < -0.3 is 0 Å². The average Bonchev–Trinajstić information content (AvgIpc) is 2.86. The molecule has 0 atom stereocenters. The van der Waals surface area contributed by atoms with Crippen LogP contribution in [0.15, 0.2) is 72.8 Å². The predicted octanol–water partition coefficient (Wildman–Crippen LogP) is 4.85. The van der Waals surface area contributed by atoms with Gasteiger partial charge in [0.15, 0.2) is 0 Å². The van der Waals surface area contributed by atoms with Crippen LogP contribution in [0.2, 0.25) is 0 Å². The molecule has 0 nitrogen and oxygen atoms in total. The summed E-state index contributed by atoms with van der Waals surface area (Å²) in [6, 6.07) is 26.4. The predicted molar refractivity (Wildman–Crippen MR) is 83.9 cm³/mol. The first-order valence-corrected chi connectivity index (χ1v) is 7.14. The van der Waals surface area contributed by atoms with E-state index < -0.39 is 0 Å². The minimum absolute atomic E-state index is 1.01. The monoisotopic (exact) mass is 256 g/mol. The molecule has 96 valence electrons. The zero-order chi connectivity index (χ0) is 13.4. The van der Waals surface area contributed by atoms with Gasteiger partial charge >= 0.3 is 0 Å². The zero-order valence-electron chi connectivity index (χ0n) is 11.3. The van der Waals surface area contributed by atoms with Gasteiger partial charge in [0, 0.05) is 0 Å². The molecule has 0 N–H and O–H groups in total. The van der Waals surface area contributed by atoms with Gasteiger partial charge in [-0.2, -0.15) is 0 Å². The van der Waals surface area contributed by atoms with Crippen molar-refractivity contribution in [3.63, 3.8) is 0 Å². The van der Waals surface area contributed by atoms with Crippen molar-refractivity contribution in [1.82, 2.24) is 0 Å². The van der Waals surface area contributed by atoms with Crippen LogP contribution in [0.25, 0.3) is 11.1 Å². The molecule has 4 rings (SSSR count). The lowest BCUT2D eigenvalue weighted by atomic mass is 9.99. The van der Waals surface area contributed by atoms with Crippen molar-refractivity contribution in [2.24, 2.45) is 0 Å². The summed E-state index contributed by atoms with van der Waals surface area (Å²) in [6.07, 6.45) is 2.09. The Labute approximate surface area is 119 Å². The van der Waals surface area contributed by atoms with Crippen LogP contribution in [0.1, 0.15) is 22.3 Å². The average molecular weight is 256 g/mol. The molecule has 0 bridgehead atoms. The van der Waals surface area contributed by atoms with Gasteiger partial charge in [-0.3, -0.25) is 0 Å². The van der Waals surface area contributed by atoms with E-state index in [0.29, 0.717) is 0 Å². The molecule has 1 aliphatic carbocycles. The third-order valence-corrected chi connectivity index (χ3v) is 4.11. The van der Waals surface area contributed by atoms with Gasteiger partial charge in [-0.15, -0.1) is 0 Å². The summed E-state index contributed by atoms with van der Waals surface area (Å²) in [5.74, 6) is 0. The Balaban J connectivity index is 1.73. The van der Waals surface area contributed by atoms with Gasteiger partial charge in [-0.25, -0.2) is 0 Å². The summed E-state index contributed by atoms with van der Waals surface area (Å²) >= 11 is 0. The molecule has 3 aromatic rings. The first-order chi connectivity index (χ1) is 9.90. The van der Waals surface area contributed by atoms with Crippen molar-refractivity contribution in [3.05, 3.63) is 95.1 Å². The van der Waals surface area contributed by atoms with Crippen LogP contribution in [0.5, 0.6) is 0 Å². The van der Waals surface area contributed by atoms with Crippen LogP contribution in [-0.2, 0) is 12.8 Å². The molecule has 0 aromatic heterocycles. The SMILES string of the molecule is c1ccc(Cc2ccc3c(c2)-c2ccccc2C3)cc1. The van der Waals surface area contributed by atoms with Crippen molar-refractivity contribution in [3.8, 4) is 11.1 Å². The van der Waals surface area contributed by atoms with Gasteiger partial charge in [-0.05, 0) is 46.2 Å². The van der Waals surface area contributed by atoms with E-state index in [4.69, 9.17) is 0 Å². The molecule has 0 amide bonds. The number of rotatable bonds is 2. The number of benzene rings is 3. The highest BCUT2D eigenvalue weighted by Gasteiger charge is 2.17. The summed E-state index contributed by atoms with van der Waals surface area (Å²) in [5.41, 5.74) is 8.53. The van der Waals surface area contributed by atoms with Gasteiger partial charge in [0.2, 0.25) is 0 Å². The smallest absolute Gasteiger partial charge is 0.00135 e. The third kappa shape index (κ3) is 1.94. The number of hydrogen-bond acceptors (Lipinski definition) is 0. The molecule has 0 radical (unpaired) electrons. The largest absolute Gasteiger partial charge is 0.0622 e. The van der Waals surface area contributed by atoms with Crippen LogP contribution >= 0.6 is 0 Å². The molecule has 0 unspecified atom stereocenters. The Hall–Kier alpha value is -2.34. The van der Waals surface area contributed by atoms with E-state index in [1.807, 2.05) is 0 Å². The fourth-order valence-electron chi connectivity index (χ4n) is 3.11. The molecule has 0 saturated carbocycles. The summed E-state index contributed by atoms with van der Waals surface area (Å²) in [7, 11) is 0. The molecule has 0 heterocycles. The maximum Gasteiger partial charge on any atom is -0.00135 e. The van der Waals surface area contributed by atoms with Gasteiger partial charge in [0.1, 0.15) is 0 Å². The van der Waals surface area contributed by atoms with Crippen molar-refractivity contribution in [2.75, 3.05) is 0 Å². The zero-order valence-corrected chi connectivity index (χ0v) is 11.3. The second-order valence-corrected chi connectivity index (χ2v) is 5.49. The van der Waals surface area contributed by atoms with Crippen LogP contribution in [0.3, 0.4) is 0 Å². The first kappa shape index (κ1) is 11.5. The van der Waals surface area contributed by atoms with Gasteiger partial charge in [0.05, 0.1) is 0 Å². The number of hydrogen-bond donors (Lipinski definition) is 0. The van der Waals surface area contributed by atoms with E-state index in [-0.39, 0.29) is 0 Å². The molecular formula is C20H16. The lowest BCUT2D eigenvalue weighted by molar-refractivity contribution is 1.18. The Morgan fingerprint density at radius 1 is 0.600 bits per heavy atom. The van der Waals surface area contributed by atoms with Crippen LogP contribution in [0.4, 0.5) is 0 Å². The highest BCUT2D eigenvalue weighted by atomic mass is 14.2. The van der Waals surface area contributed by atoms with Crippen LogP contribution < -0.4 is 0 Å². The van der Waals surface area contributed by atoms with Gasteiger partial charge in [-0.1, -0.05) is 72.8 Å². The van der Waals surface area contributed by atoms with E-state index in [0.717, 1.165) is 12.8 Å². The van der Waals surface area contributed by atoms with E-state index >= 15 is 0 Å². The summed E-state index contributed by atoms with van der Waals surface area (Å²) in [5, 5.41) is 0. The lowest BCUT2D eigenvalue weighted by Gasteiger charge is -2.06. The molecule has 3 aromatic carbocycles. The van der Waals surface area contributed by atoms with Crippen molar-refractivity contribution in [2.45, 2.75) is 12.8 Å². The molecule has 0 saturated heterocycles. The lowest BCUT2D eigenvalue weighted by Crippen LogP contribution is -1.89. The van der Waals surface area contributed by atoms with E-state index in [1.54, 1.807) is 0 Å². The fourth-order valence-corrected chi connectivity index (χ4v) is 3.11. The molecule has 0 heteroatoms. The molecule has 0 spiro atoms. The Morgan fingerprint density at radius 3 is 2.25 bits per heavy atom. The minimum atomic E-state index is 1.01. The van der Waals surface area contributed by atoms with Crippen molar-refractivity contribution >= 4 is 0 Å². The Bertz CT molecular complexity index is 754. The Kier molecular flexibility index (Phi) is 2.67. The molecule has 1 aliphatic rings. The highest BCUT2D eigenvalue weighted by Crippen LogP contribution is 2.37. The standard InChI is InChI=1S/C20H16/c1-2-6-15(7-3-1)12-16-10-11-18-14-17-8-4-5-9-19(17)20(18)13-16/h1-11,13H,12,14H2. The highest BCUT2D eigenvalue weighted by molar-refractivity contribution is 5.77. The third-order valence-electron chi connectivity index (χ3n) is 4.11. The van der Waals surface area contributed by atoms with E-state index in [2.05, 4.69) is 72.8 Å². The maximum atomic E-state index is 2.37. The summed E-state index contributed by atoms with van der Waals surface area (Å²) < 4.78 is 0. The normalized spacial score (nSPS) is 12.0. The topological polar surface area (TPSA) is 0 Å². The Morgan fingerprint density at radius 2 is 1.35 bits per heavy atom. The first-order valence-electron chi connectivity index (χ1n) is 7.14. The second-order valence-electron chi connectivity index (χ2n) is 5.49. The minimum Gasteiger partial charge on any atom is -0.0622 e. The maximum absolute atomic E-state index is 2.37. The molecule has 0 fully saturated rings. The van der Waals surface area contributed by atoms with E-state index in [1.165, 1.54) is 33.4 Å². The molecular weight excluding hydrogens is 240 g/mol. The van der Waals surface area contributed by atoms with E-state index in [9.17, 15) is 0 Å².